The number of nitrogens with one attached hydrogen (secondary N) is 1. The number of hydrogen-bond acceptors (Lipinski definition) is 3. The summed E-state index contributed by atoms with van der Waals surface area (Å²) in [5.74, 6) is -2.94. The lowest BCUT2D eigenvalue weighted by Crippen LogP contribution is -2.29. The van der Waals surface area contributed by atoms with Gasteiger partial charge in [0.05, 0.1) is 6.10 Å². The summed E-state index contributed by atoms with van der Waals surface area (Å²) in [6, 6.07) is 2.10. The Morgan fingerprint density at radius 1 is 1.47 bits per heavy atom. The smallest absolute Gasteiger partial charge is 0.280 e. The fraction of sp³-hybridized carbons (Fsp3) is 0.364. The van der Waals surface area contributed by atoms with Crippen molar-refractivity contribution in [1.29, 1.82) is 0 Å². The molecule has 0 aromatic heterocycles. The summed E-state index contributed by atoms with van der Waals surface area (Å²) in [5.41, 5.74) is 1.52. The van der Waals surface area contributed by atoms with Crippen LogP contribution in [0.4, 0.5) is 8.78 Å². The minimum atomic E-state index is -1.03. The number of carbonyl (C=O) groups excluding carboxylic acids is 1. The predicted octanol–water partition coefficient (Wildman–Crippen LogP) is 1.32. The molecule has 1 aromatic rings. The van der Waals surface area contributed by atoms with Gasteiger partial charge in [0.2, 0.25) is 0 Å². The number of carbonyl (C=O) groups is 1. The number of aliphatic hydroxyl groups is 1. The number of hydroxylamine groups is 1. The molecule has 1 atom stereocenters. The second-order valence-corrected chi connectivity index (χ2v) is 3.69. The molecule has 94 valence electrons. The Balaban J connectivity index is 2.76. The number of halogens is 2. The van der Waals surface area contributed by atoms with E-state index in [-0.39, 0.29) is 6.61 Å². The van der Waals surface area contributed by atoms with Crippen molar-refractivity contribution in [3.05, 3.63) is 34.9 Å². The van der Waals surface area contributed by atoms with E-state index in [0.29, 0.717) is 5.56 Å². The van der Waals surface area contributed by atoms with E-state index in [4.69, 9.17) is 5.11 Å². The molecule has 1 amide bonds. The molecular formula is C11H13F2NO3. The van der Waals surface area contributed by atoms with Crippen molar-refractivity contribution in [1.82, 2.24) is 5.48 Å². The van der Waals surface area contributed by atoms with Gasteiger partial charge in [-0.25, -0.2) is 14.3 Å². The first-order valence-corrected chi connectivity index (χ1v) is 4.97. The van der Waals surface area contributed by atoms with E-state index in [0.717, 1.165) is 12.1 Å². The summed E-state index contributed by atoms with van der Waals surface area (Å²) in [6.07, 6.45) is -0.789. The maximum absolute atomic E-state index is 13.3. The van der Waals surface area contributed by atoms with E-state index in [1.165, 1.54) is 13.8 Å². The summed E-state index contributed by atoms with van der Waals surface area (Å²) < 4.78 is 26.7. The van der Waals surface area contributed by atoms with Gasteiger partial charge < -0.3 is 5.11 Å². The molecule has 0 saturated heterocycles. The highest BCUT2D eigenvalue weighted by Gasteiger charge is 2.18. The zero-order valence-corrected chi connectivity index (χ0v) is 9.46. The molecule has 6 heteroatoms. The monoisotopic (exact) mass is 245 g/mol. The molecule has 17 heavy (non-hydrogen) atoms. The van der Waals surface area contributed by atoms with Crippen molar-refractivity contribution in [3.8, 4) is 0 Å². The molecule has 0 radical (unpaired) electrons. The molecule has 0 bridgehead atoms. The van der Waals surface area contributed by atoms with Gasteiger partial charge in [-0.05, 0) is 31.5 Å². The summed E-state index contributed by atoms with van der Waals surface area (Å²) in [6.45, 7) is 2.79. The fourth-order valence-corrected chi connectivity index (χ4v) is 1.20. The SMILES string of the molecule is Cc1cc(F)c(C(=O)NOCC(C)O)c(F)c1. The van der Waals surface area contributed by atoms with Gasteiger partial charge in [0.1, 0.15) is 23.8 Å². The number of hydrogen-bond donors (Lipinski definition) is 2. The highest BCUT2D eigenvalue weighted by molar-refractivity contribution is 5.94. The Hall–Kier alpha value is -1.53. The van der Waals surface area contributed by atoms with Crippen LogP contribution in [0.15, 0.2) is 12.1 Å². The molecule has 1 aromatic carbocycles. The molecule has 0 saturated carbocycles. The highest BCUT2D eigenvalue weighted by Crippen LogP contribution is 2.14. The van der Waals surface area contributed by atoms with Crippen LogP contribution in [0.2, 0.25) is 0 Å². The second-order valence-electron chi connectivity index (χ2n) is 3.69. The average Bonchev–Trinajstić information content (AvgIpc) is 2.14. The molecule has 1 rings (SSSR count). The molecule has 0 fully saturated rings. The van der Waals surface area contributed by atoms with Crippen molar-refractivity contribution in [3.63, 3.8) is 0 Å². The molecular weight excluding hydrogens is 232 g/mol. The van der Waals surface area contributed by atoms with E-state index in [2.05, 4.69) is 4.84 Å². The first-order valence-electron chi connectivity index (χ1n) is 4.97. The van der Waals surface area contributed by atoms with Crippen molar-refractivity contribution < 1.29 is 23.5 Å². The van der Waals surface area contributed by atoms with Crippen LogP contribution in [0.3, 0.4) is 0 Å². The second kappa shape index (κ2) is 5.70. The van der Waals surface area contributed by atoms with Crippen LogP contribution in [0.1, 0.15) is 22.8 Å². The number of aliphatic hydroxyl groups excluding tert-OH is 1. The first kappa shape index (κ1) is 13.5. The topological polar surface area (TPSA) is 58.6 Å². The Labute approximate surface area is 97.2 Å². The molecule has 2 N–H and O–H groups in total. The van der Waals surface area contributed by atoms with E-state index in [1.54, 1.807) is 0 Å². The maximum atomic E-state index is 13.3. The van der Waals surface area contributed by atoms with Gasteiger partial charge in [0, 0.05) is 0 Å². The molecule has 0 spiro atoms. The summed E-state index contributed by atoms with van der Waals surface area (Å²) >= 11 is 0. The lowest BCUT2D eigenvalue weighted by Gasteiger charge is -2.09. The van der Waals surface area contributed by atoms with E-state index >= 15 is 0 Å². The largest absolute Gasteiger partial charge is 0.391 e. The van der Waals surface area contributed by atoms with E-state index in [1.807, 2.05) is 5.48 Å². The molecule has 1 unspecified atom stereocenters. The Morgan fingerprint density at radius 2 is 2.00 bits per heavy atom. The molecule has 0 aliphatic heterocycles. The molecule has 0 aliphatic rings. The third-order valence-corrected chi connectivity index (χ3v) is 1.90. The third kappa shape index (κ3) is 3.76. The third-order valence-electron chi connectivity index (χ3n) is 1.90. The fourth-order valence-electron chi connectivity index (χ4n) is 1.20. The maximum Gasteiger partial charge on any atom is 0.280 e. The predicted molar refractivity (Wildman–Crippen MR) is 56.2 cm³/mol. The minimum absolute atomic E-state index is 0.166. The van der Waals surface area contributed by atoms with Gasteiger partial charge in [-0.15, -0.1) is 0 Å². The minimum Gasteiger partial charge on any atom is -0.391 e. The van der Waals surface area contributed by atoms with Crippen LogP contribution >= 0.6 is 0 Å². The van der Waals surface area contributed by atoms with E-state index < -0.39 is 29.2 Å². The Kier molecular flexibility index (Phi) is 4.53. The van der Waals surface area contributed by atoms with Crippen LogP contribution < -0.4 is 5.48 Å². The highest BCUT2D eigenvalue weighted by atomic mass is 19.1. The van der Waals surface area contributed by atoms with Crippen molar-refractivity contribution in [2.24, 2.45) is 0 Å². The van der Waals surface area contributed by atoms with Gasteiger partial charge in [-0.1, -0.05) is 0 Å². The Morgan fingerprint density at radius 3 is 2.47 bits per heavy atom. The zero-order chi connectivity index (χ0) is 13.0. The molecule has 0 heterocycles. The van der Waals surface area contributed by atoms with Crippen LogP contribution in [0.5, 0.6) is 0 Å². The summed E-state index contributed by atoms with van der Waals surface area (Å²) in [4.78, 5) is 16.0. The van der Waals surface area contributed by atoms with Crippen molar-refractivity contribution in [2.75, 3.05) is 6.61 Å². The molecule has 0 aliphatic carbocycles. The van der Waals surface area contributed by atoms with Gasteiger partial charge in [-0.3, -0.25) is 9.63 Å². The quantitative estimate of drug-likeness (QED) is 0.786. The number of rotatable bonds is 4. The zero-order valence-electron chi connectivity index (χ0n) is 9.46. The van der Waals surface area contributed by atoms with Gasteiger partial charge in [0.25, 0.3) is 5.91 Å². The normalized spacial score (nSPS) is 12.3. The Bertz CT molecular complexity index is 398. The van der Waals surface area contributed by atoms with Crippen molar-refractivity contribution in [2.45, 2.75) is 20.0 Å². The summed E-state index contributed by atoms with van der Waals surface area (Å²) in [5, 5.41) is 8.86. The van der Waals surface area contributed by atoms with Crippen LogP contribution in [0, 0.1) is 18.6 Å². The van der Waals surface area contributed by atoms with Crippen LogP contribution in [-0.4, -0.2) is 23.7 Å². The summed E-state index contributed by atoms with van der Waals surface area (Å²) in [7, 11) is 0. The average molecular weight is 245 g/mol. The van der Waals surface area contributed by atoms with Gasteiger partial charge >= 0.3 is 0 Å². The van der Waals surface area contributed by atoms with E-state index in [9.17, 15) is 13.6 Å². The lowest BCUT2D eigenvalue weighted by molar-refractivity contribution is -0.00725. The van der Waals surface area contributed by atoms with Crippen LogP contribution in [-0.2, 0) is 4.84 Å². The first-order chi connectivity index (χ1) is 7.91. The van der Waals surface area contributed by atoms with Gasteiger partial charge in [-0.2, -0.15) is 0 Å². The number of aryl methyl sites for hydroxylation is 1. The van der Waals surface area contributed by atoms with Gasteiger partial charge in [0.15, 0.2) is 0 Å². The lowest BCUT2D eigenvalue weighted by atomic mass is 10.1. The number of amides is 1. The number of benzene rings is 1. The standard InChI is InChI=1S/C11H13F2NO3/c1-6-3-8(12)10(9(13)4-6)11(16)14-17-5-7(2)15/h3-4,7,15H,5H2,1-2H3,(H,14,16). The molecule has 4 nitrogen and oxygen atoms in total. The van der Waals surface area contributed by atoms with Crippen LogP contribution in [0.25, 0.3) is 0 Å². The van der Waals surface area contributed by atoms with Crippen molar-refractivity contribution >= 4 is 5.91 Å².